The van der Waals surface area contributed by atoms with Gasteiger partial charge in [0.25, 0.3) is 0 Å². The molecule has 0 aliphatic heterocycles. The number of hydrogen-bond acceptors (Lipinski definition) is 15. The Bertz CT molecular complexity index is 2370. The summed E-state index contributed by atoms with van der Waals surface area (Å²) in [5.74, 6) is -2.27. The lowest BCUT2D eigenvalue weighted by molar-refractivity contribution is -0.161. The van der Waals surface area contributed by atoms with Crippen LogP contribution < -0.4 is 0 Å². The van der Waals surface area contributed by atoms with Crippen LogP contribution in [0.1, 0.15) is 310 Å². The molecule has 0 aromatic heterocycles. The maximum Gasteiger partial charge on any atom is 0.472 e. The molecule has 0 spiro atoms. The average Bonchev–Trinajstić information content (AvgIpc) is 1.00. The Morgan fingerprint density at radius 3 is 0.880 bits per heavy atom. The summed E-state index contributed by atoms with van der Waals surface area (Å²) >= 11 is 0. The molecule has 3 N–H and O–H groups in total. The number of esters is 4. The van der Waals surface area contributed by atoms with Gasteiger partial charge in [-0.15, -0.1) is 0 Å². The molecule has 5 unspecified atom stereocenters. The molecular weight excluding hydrogens is 1310 g/mol. The van der Waals surface area contributed by atoms with E-state index in [1.807, 2.05) is 12.2 Å². The summed E-state index contributed by atoms with van der Waals surface area (Å²) in [6.45, 7) is 4.52. The van der Waals surface area contributed by atoms with Crippen LogP contribution in [0, 0.1) is 0 Å². The second-order valence-corrected chi connectivity index (χ2v) is 28.4. The van der Waals surface area contributed by atoms with Crippen LogP contribution in [-0.2, 0) is 65.4 Å². The Hall–Kier alpha value is -4.54. The molecular formula is C81H138O17P2. The molecule has 0 fully saturated rings. The van der Waals surface area contributed by atoms with Crippen molar-refractivity contribution >= 4 is 39.5 Å². The first-order chi connectivity index (χ1) is 48.7. The molecule has 0 saturated heterocycles. The standard InChI is InChI=1S/C81H138O17P2/c1-5-9-13-17-21-25-29-32-35-37-40-43-47-50-54-58-62-66-79(84)92-72-77(98-81(86)68-64-60-56-52-48-44-41-38-36-33-30-26-22-18-14-10-6-2)74-96-100(89,90)94-70-75(82)69-93-99(87,88)95-73-76(97-80(85)67-63-59-55-51-45-28-24-20-16-12-8-4)71-91-78(83)65-61-57-53-49-46-42-39-34-31-27-23-19-15-11-7-3/h9-10,13-14,20-22,24-26,32-33,35-36,40-41,43-44,50,54,75-77,82H,5-8,11-12,15-19,23,27-31,34,37-39,42,45-49,51-53,55-74H2,1-4H3,(H,87,88)(H,89,90)/b13-9-,14-10-,24-20-,25-21-,26-22-,35-32-,36-33-,43-40-,44-41-,54-50-. The third-order valence-corrected chi connectivity index (χ3v) is 17.8. The molecule has 0 rings (SSSR count). The number of phosphoric ester groups is 2. The molecule has 0 saturated carbocycles. The van der Waals surface area contributed by atoms with Gasteiger partial charge in [0.15, 0.2) is 12.2 Å². The van der Waals surface area contributed by atoms with E-state index in [1.54, 1.807) is 0 Å². The van der Waals surface area contributed by atoms with Crippen molar-refractivity contribution in [1.29, 1.82) is 0 Å². The molecule has 17 nitrogen and oxygen atoms in total. The minimum absolute atomic E-state index is 0.0521. The predicted octanol–water partition coefficient (Wildman–Crippen LogP) is 22.3. The number of phosphoric acid groups is 2. The average molecular weight is 1450 g/mol. The lowest BCUT2D eigenvalue weighted by atomic mass is 10.0. The third kappa shape index (κ3) is 71.8. The minimum Gasteiger partial charge on any atom is -0.462 e. The summed E-state index contributed by atoms with van der Waals surface area (Å²) in [7, 11) is -9.97. The van der Waals surface area contributed by atoms with Crippen molar-refractivity contribution in [2.75, 3.05) is 39.6 Å². The van der Waals surface area contributed by atoms with E-state index in [2.05, 4.69) is 137 Å². The van der Waals surface area contributed by atoms with E-state index in [1.165, 1.54) is 83.5 Å². The highest BCUT2D eigenvalue weighted by atomic mass is 31.2. The molecule has 19 heteroatoms. The first-order valence-corrected chi connectivity index (χ1v) is 41.8. The van der Waals surface area contributed by atoms with Crippen molar-refractivity contribution in [3.8, 4) is 0 Å². The maximum absolute atomic E-state index is 13.1. The quantitative estimate of drug-likeness (QED) is 0.0169. The number of hydrogen-bond donors (Lipinski definition) is 3. The van der Waals surface area contributed by atoms with Gasteiger partial charge in [0.05, 0.1) is 26.4 Å². The first-order valence-electron chi connectivity index (χ1n) is 38.8. The summed E-state index contributed by atoms with van der Waals surface area (Å²) < 4.78 is 68.4. The van der Waals surface area contributed by atoms with Crippen LogP contribution in [0.4, 0.5) is 0 Å². The number of unbranched alkanes of at least 4 members (excludes halogenated alkanes) is 26. The van der Waals surface area contributed by atoms with Gasteiger partial charge in [-0.1, -0.05) is 284 Å². The molecule has 0 heterocycles. The molecule has 0 aromatic carbocycles. The summed E-state index contributed by atoms with van der Waals surface area (Å²) in [6, 6.07) is 0. The number of ether oxygens (including phenoxy) is 4. The molecule has 0 amide bonds. The van der Waals surface area contributed by atoms with Gasteiger partial charge in [-0.25, -0.2) is 9.13 Å². The molecule has 0 bridgehead atoms. The van der Waals surface area contributed by atoms with Crippen LogP contribution >= 0.6 is 15.6 Å². The van der Waals surface area contributed by atoms with Gasteiger partial charge in [0, 0.05) is 25.7 Å². The van der Waals surface area contributed by atoms with Crippen LogP contribution in [0.2, 0.25) is 0 Å². The van der Waals surface area contributed by atoms with Crippen molar-refractivity contribution in [3.05, 3.63) is 122 Å². The number of carbonyl (C=O) groups excluding carboxylic acids is 4. The van der Waals surface area contributed by atoms with Crippen molar-refractivity contribution in [3.63, 3.8) is 0 Å². The Balaban J connectivity index is 5.40. The van der Waals surface area contributed by atoms with E-state index in [-0.39, 0.29) is 25.7 Å². The first kappa shape index (κ1) is 95.5. The topological polar surface area (TPSA) is 237 Å². The summed E-state index contributed by atoms with van der Waals surface area (Å²) in [5, 5.41) is 10.6. The van der Waals surface area contributed by atoms with Crippen LogP contribution in [0.25, 0.3) is 0 Å². The maximum atomic E-state index is 13.1. The van der Waals surface area contributed by atoms with Gasteiger partial charge < -0.3 is 33.8 Å². The van der Waals surface area contributed by atoms with E-state index < -0.39 is 97.5 Å². The normalized spacial score (nSPS) is 14.6. The zero-order valence-corrected chi connectivity index (χ0v) is 64.4. The fourth-order valence-corrected chi connectivity index (χ4v) is 11.6. The fraction of sp³-hybridized carbons (Fsp3) is 0.704. The van der Waals surface area contributed by atoms with E-state index in [0.717, 1.165) is 141 Å². The summed E-state index contributed by atoms with van der Waals surface area (Å²) in [5.41, 5.74) is 0. The van der Waals surface area contributed by atoms with Gasteiger partial charge in [0.1, 0.15) is 19.3 Å². The van der Waals surface area contributed by atoms with E-state index >= 15 is 0 Å². The second kappa shape index (κ2) is 72.8. The third-order valence-electron chi connectivity index (χ3n) is 15.9. The zero-order chi connectivity index (χ0) is 73.2. The highest BCUT2D eigenvalue weighted by Crippen LogP contribution is 2.45. The largest absolute Gasteiger partial charge is 0.472 e. The lowest BCUT2D eigenvalue weighted by Gasteiger charge is -2.21. The highest BCUT2D eigenvalue weighted by molar-refractivity contribution is 7.47. The molecule has 5 atom stereocenters. The van der Waals surface area contributed by atoms with Gasteiger partial charge in [-0.3, -0.25) is 37.3 Å². The molecule has 0 radical (unpaired) electrons. The molecule has 0 aliphatic rings. The zero-order valence-electron chi connectivity index (χ0n) is 62.6. The summed E-state index contributed by atoms with van der Waals surface area (Å²) in [4.78, 5) is 72.8. The van der Waals surface area contributed by atoms with Crippen LogP contribution in [0.15, 0.2) is 122 Å². The lowest BCUT2D eigenvalue weighted by Crippen LogP contribution is -2.30. The smallest absolute Gasteiger partial charge is 0.462 e. The van der Waals surface area contributed by atoms with Gasteiger partial charge in [-0.05, 0) is 122 Å². The molecule has 0 aliphatic carbocycles. The second-order valence-electron chi connectivity index (χ2n) is 25.5. The van der Waals surface area contributed by atoms with Crippen molar-refractivity contribution in [2.45, 2.75) is 329 Å². The number of allylic oxidation sites excluding steroid dienone is 20. The monoisotopic (exact) mass is 1440 g/mol. The number of carbonyl (C=O) groups is 4. The predicted molar refractivity (Wildman–Crippen MR) is 408 cm³/mol. The minimum atomic E-state index is -5.00. The summed E-state index contributed by atoms with van der Waals surface area (Å²) in [6.07, 6.45) is 79.1. The van der Waals surface area contributed by atoms with Crippen LogP contribution in [0.5, 0.6) is 0 Å². The van der Waals surface area contributed by atoms with E-state index in [4.69, 9.17) is 37.0 Å². The fourth-order valence-electron chi connectivity index (χ4n) is 10.1. The van der Waals surface area contributed by atoms with Gasteiger partial charge >= 0.3 is 39.5 Å². The van der Waals surface area contributed by atoms with E-state index in [9.17, 15) is 43.2 Å². The van der Waals surface area contributed by atoms with Crippen LogP contribution in [-0.4, -0.2) is 96.7 Å². The molecule has 100 heavy (non-hydrogen) atoms. The van der Waals surface area contributed by atoms with Gasteiger partial charge in [-0.2, -0.15) is 0 Å². The number of rotatable bonds is 72. The van der Waals surface area contributed by atoms with Gasteiger partial charge in [0.2, 0.25) is 0 Å². The SMILES string of the molecule is CC/C=C\C/C=C\C/C=C\C/C=C\C/C=C\CCCC(=O)OCC(COP(=O)(O)OCC(O)COP(=O)(O)OCC(COC(=O)CCCCCCCCCCCCCCCCC)OC(=O)CCCCCCC/C=C\CCCC)OC(=O)CCCCCC/C=C\C/C=C\C/C=C\C/C=C\CC. The Morgan fingerprint density at radius 2 is 0.540 bits per heavy atom. The Labute approximate surface area is 606 Å². The Kier molecular flexibility index (Phi) is 69.5. The number of aliphatic hydroxyl groups is 1. The van der Waals surface area contributed by atoms with Crippen LogP contribution in [0.3, 0.4) is 0 Å². The van der Waals surface area contributed by atoms with Crippen molar-refractivity contribution in [1.82, 2.24) is 0 Å². The molecule has 0 aromatic rings. The molecule has 574 valence electrons. The van der Waals surface area contributed by atoms with Crippen molar-refractivity contribution < 1.29 is 80.2 Å². The van der Waals surface area contributed by atoms with E-state index in [0.29, 0.717) is 32.1 Å². The number of aliphatic hydroxyl groups excluding tert-OH is 1. The highest BCUT2D eigenvalue weighted by Gasteiger charge is 2.30. The van der Waals surface area contributed by atoms with Crippen molar-refractivity contribution in [2.24, 2.45) is 0 Å². The Morgan fingerprint density at radius 1 is 0.290 bits per heavy atom.